The first kappa shape index (κ1) is 20.3. The topological polar surface area (TPSA) is 92.7 Å². The van der Waals surface area contributed by atoms with Gasteiger partial charge in [0.1, 0.15) is 0 Å². The van der Waals surface area contributed by atoms with E-state index in [1.165, 1.54) is 0 Å². The molecular weight excluding hydrogens is 366 g/mol. The van der Waals surface area contributed by atoms with Gasteiger partial charge in [-0.3, -0.25) is 14.3 Å². The lowest BCUT2D eigenvalue weighted by Crippen LogP contribution is -2.28. The summed E-state index contributed by atoms with van der Waals surface area (Å²) in [7, 11) is 1.80. The Hall–Kier alpha value is -3.48. The number of carbonyl (C=O) groups is 1. The summed E-state index contributed by atoms with van der Waals surface area (Å²) < 4.78 is 1.67. The summed E-state index contributed by atoms with van der Waals surface area (Å²) in [5.41, 5.74) is 5.38. The zero-order valence-corrected chi connectivity index (χ0v) is 17.4. The van der Waals surface area contributed by atoms with E-state index < -0.39 is 0 Å². The van der Waals surface area contributed by atoms with E-state index in [4.69, 9.17) is 0 Å². The number of nitrogens with zero attached hydrogens (tertiary/aromatic N) is 3. The van der Waals surface area contributed by atoms with Gasteiger partial charge >= 0.3 is 0 Å². The third-order valence-electron chi connectivity index (χ3n) is 4.90. The van der Waals surface area contributed by atoms with Crippen molar-refractivity contribution < 1.29 is 4.79 Å². The van der Waals surface area contributed by atoms with Gasteiger partial charge < -0.3 is 10.3 Å². The van der Waals surface area contributed by atoms with Gasteiger partial charge in [0, 0.05) is 24.8 Å². The van der Waals surface area contributed by atoms with E-state index in [0.29, 0.717) is 27.9 Å². The summed E-state index contributed by atoms with van der Waals surface area (Å²) >= 11 is 0. The number of allylic oxidation sites excluding steroid dienone is 3. The van der Waals surface area contributed by atoms with Crippen molar-refractivity contribution >= 4 is 22.5 Å². The molecule has 0 atom stereocenters. The van der Waals surface area contributed by atoms with Crippen molar-refractivity contribution in [3.8, 4) is 0 Å². The molecule has 0 unspecified atom stereocenters. The van der Waals surface area contributed by atoms with Gasteiger partial charge in [-0.1, -0.05) is 18.7 Å². The molecule has 2 N–H and O–H groups in total. The minimum atomic E-state index is -0.277. The lowest BCUT2D eigenvalue weighted by Gasteiger charge is -2.11. The molecule has 0 bridgehead atoms. The first-order valence-corrected chi connectivity index (χ1v) is 9.34. The second kappa shape index (κ2) is 7.87. The van der Waals surface area contributed by atoms with E-state index in [1.807, 2.05) is 39.8 Å². The van der Waals surface area contributed by atoms with Crippen LogP contribution in [0.5, 0.6) is 0 Å². The van der Waals surface area contributed by atoms with Crippen LogP contribution < -0.4 is 10.9 Å². The first-order valence-electron chi connectivity index (χ1n) is 9.34. The van der Waals surface area contributed by atoms with Crippen LogP contribution in [0.25, 0.3) is 16.6 Å². The molecule has 3 aromatic rings. The van der Waals surface area contributed by atoms with Crippen LogP contribution in [-0.4, -0.2) is 25.7 Å². The van der Waals surface area contributed by atoms with Crippen molar-refractivity contribution in [1.29, 1.82) is 0 Å². The van der Waals surface area contributed by atoms with Gasteiger partial charge in [-0.25, -0.2) is 4.98 Å². The molecule has 0 aromatic carbocycles. The lowest BCUT2D eigenvalue weighted by molar-refractivity contribution is 0.0952. The number of amides is 1. The number of aromatic amines is 1. The smallest absolute Gasteiger partial charge is 0.253 e. The molecule has 1 amide bonds. The molecule has 3 rings (SSSR count). The molecule has 29 heavy (non-hydrogen) atoms. The highest BCUT2D eigenvalue weighted by Gasteiger charge is 2.19. The Kier molecular flexibility index (Phi) is 5.50. The van der Waals surface area contributed by atoms with Crippen molar-refractivity contribution in [1.82, 2.24) is 25.1 Å². The Morgan fingerprint density at radius 1 is 1.31 bits per heavy atom. The molecule has 3 heterocycles. The van der Waals surface area contributed by atoms with Gasteiger partial charge in [0.05, 0.1) is 22.3 Å². The number of aryl methyl sites for hydroxylation is 4. The Balaban J connectivity index is 2.04. The van der Waals surface area contributed by atoms with Gasteiger partial charge in [0.15, 0.2) is 5.65 Å². The van der Waals surface area contributed by atoms with Gasteiger partial charge in [-0.2, -0.15) is 5.10 Å². The van der Waals surface area contributed by atoms with Crippen molar-refractivity contribution in [2.24, 2.45) is 7.05 Å². The molecule has 3 aromatic heterocycles. The van der Waals surface area contributed by atoms with Crippen LogP contribution in [0.4, 0.5) is 0 Å². The summed E-state index contributed by atoms with van der Waals surface area (Å²) in [6.07, 6.45) is 3.52. The van der Waals surface area contributed by atoms with Crippen LogP contribution in [0.1, 0.15) is 45.5 Å². The highest BCUT2D eigenvalue weighted by molar-refractivity contribution is 6.07. The molecule has 0 aliphatic carbocycles. The highest BCUT2D eigenvalue weighted by Crippen LogP contribution is 2.24. The maximum atomic E-state index is 13.1. The zero-order chi connectivity index (χ0) is 21.3. The number of H-pyrrole nitrogens is 1. The fraction of sp³-hybridized carbons (Fsp3) is 0.273. The van der Waals surface area contributed by atoms with Crippen molar-refractivity contribution in [2.45, 2.75) is 34.2 Å². The third-order valence-corrected chi connectivity index (χ3v) is 4.90. The van der Waals surface area contributed by atoms with Crippen LogP contribution >= 0.6 is 0 Å². The van der Waals surface area contributed by atoms with Gasteiger partial charge in [-0.05, 0) is 51.0 Å². The molecule has 150 valence electrons. The average molecular weight is 391 g/mol. The van der Waals surface area contributed by atoms with Gasteiger partial charge in [0.2, 0.25) is 0 Å². The van der Waals surface area contributed by atoms with Crippen LogP contribution in [0, 0.1) is 20.8 Å². The van der Waals surface area contributed by atoms with Crippen molar-refractivity contribution in [3.63, 3.8) is 0 Å². The Bertz CT molecular complexity index is 1210. The lowest BCUT2D eigenvalue weighted by atomic mass is 10.1. The van der Waals surface area contributed by atoms with Gasteiger partial charge in [-0.15, -0.1) is 0 Å². The minimum absolute atomic E-state index is 0.139. The van der Waals surface area contributed by atoms with Gasteiger partial charge in [0.25, 0.3) is 11.5 Å². The normalized spacial score (nSPS) is 11.7. The molecule has 7 heteroatoms. The molecule has 0 fully saturated rings. The molecule has 0 aliphatic rings. The molecule has 0 saturated carbocycles. The monoisotopic (exact) mass is 391 g/mol. The van der Waals surface area contributed by atoms with E-state index in [-0.39, 0.29) is 18.0 Å². The molecular formula is C22H25N5O2. The van der Waals surface area contributed by atoms with E-state index in [9.17, 15) is 9.59 Å². The second-order valence-electron chi connectivity index (χ2n) is 7.17. The highest BCUT2D eigenvalue weighted by atomic mass is 16.1. The molecule has 0 aliphatic heterocycles. The van der Waals surface area contributed by atoms with Crippen LogP contribution in [0.2, 0.25) is 0 Å². The SMILES string of the molecule is C=CC=C(C)c1cc(C(=O)NCc2c(C)cc(C)[nH]c2=O)c2c(C)nn(C)c2n1. The van der Waals surface area contributed by atoms with E-state index in [0.717, 1.165) is 22.5 Å². The summed E-state index contributed by atoms with van der Waals surface area (Å²) in [5, 5.41) is 8.00. The predicted molar refractivity (Wildman–Crippen MR) is 115 cm³/mol. The van der Waals surface area contributed by atoms with Crippen LogP contribution in [0.3, 0.4) is 0 Å². The van der Waals surface area contributed by atoms with E-state index in [2.05, 4.69) is 27.0 Å². The Morgan fingerprint density at radius 2 is 2.03 bits per heavy atom. The Labute approximate surface area is 169 Å². The zero-order valence-electron chi connectivity index (χ0n) is 17.4. The number of hydrogen-bond donors (Lipinski definition) is 2. The van der Waals surface area contributed by atoms with E-state index >= 15 is 0 Å². The number of nitrogens with one attached hydrogen (secondary N) is 2. The van der Waals surface area contributed by atoms with Crippen molar-refractivity contribution in [3.05, 3.63) is 75.0 Å². The maximum Gasteiger partial charge on any atom is 0.253 e. The number of rotatable bonds is 5. The number of carbonyl (C=O) groups excluding carboxylic acids is 1. The van der Waals surface area contributed by atoms with Crippen LogP contribution in [0.15, 0.2) is 35.7 Å². The predicted octanol–water partition coefficient (Wildman–Crippen LogP) is 3.10. The Morgan fingerprint density at radius 3 is 2.69 bits per heavy atom. The first-order chi connectivity index (χ1) is 13.7. The van der Waals surface area contributed by atoms with E-state index in [1.54, 1.807) is 23.9 Å². The number of pyridine rings is 2. The maximum absolute atomic E-state index is 13.1. The van der Waals surface area contributed by atoms with Crippen LogP contribution in [-0.2, 0) is 13.6 Å². The summed E-state index contributed by atoms with van der Waals surface area (Å²) in [4.78, 5) is 32.8. The average Bonchev–Trinajstić information content (AvgIpc) is 2.94. The standard InChI is InChI=1S/C22H25N5O2/c1-7-8-12(2)18-10-16(19-15(5)26-27(6)20(19)25-18)21(28)23-11-17-13(3)9-14(4)24-22(17)29/h7-10H,1,11H2,2-6H3,(H,23,28)(H,24,29). The number of fused-ring (bicyclic) bond motifs is 1. The summed E-state index contributed by atoms with van der Waals surface area (Å²) in [6, 6.07) is 3.65. The number of aromatic nitrogens is 4. The second-order valence-corrected chi connectivity index (χ2v) is 7.17. The molecule has 0 radical (unpaired) electrons. The fourth-order valence-electron chi connectivity index (χ4n) is 3.45. The van der Waals surface area contributed by atoms with Crippen molar-refractivity contribution in [2.75, 3.05) is 0 Å². The molecule has 0 spiro atoms. The fourth-order valence-corrected chi connectivity index (χ4v) is 3.45. The largest absolute Gasteiger partial charge is 0.348 e. The number of hydrogen-bond acceptors (Lipinski definition) is 4. The summed E-state index contributed by atoms with van der Waals surface area (Å²) in [6.45, 7) is 11.3. The third kappa shape index (κ3) is 3.89. The minimum Gasteiger partial charge on any atom is -0.348 e. The molecule has 0 saturated heterocycles. The summed E-state index contributed by atoms with van der Waals surface area (Å²) in [5.74, 6) is -0.277. The quantitative estimate of drug-likeness (QED) is 0.654. The molecule has 7 nitrogen and oxygen atoms in total.